The van der Waals surface area contributed by atoms with E-state index < -0.39 is 11.7 Å². The predicted molar refractivity (Wildman–Crippen MR) is 134 cm³/mol. The molecule has 0 N–H and O–H groups in total. The van der Waals surface area contributed by atoms with E-state index >= 15 is 0 Å². The molecule has 2 bridgehead atoms. The van der Waals surface area contributed by atoms with E-state index in [1.807, 2.05) is 4.90 Å². The number of carbonyl (C=O) groups excluding carboxylic acids is 1. The first kappa shape index (κ1) is 26.5. The second-order valence-electron chi connectivity index (χ2n) is 10.4. The summed E-state index contributed by atoms with van der Waals surface area (Å²) in [6.45, 7) is 9.49. The average Bonchev–Trinajstić information content (AvgIpc) is 3.44. The Hall–Kier alpha value is -2.58. The minimum Gasteiger partial charge on any atom is -0.493 e. The van der Waals surface area contributed by atoms with Crippen LogP contribution in [0, 0.1) is 13.8 Å². The van der Waals surface area contributed by atoms with Crippen LogP contribution in [0.25, 0.3) is 0 Å². The lowest BCUT2D eigenvalue weighted by molar-refractivity contribution is -0.137. The van der Waals surface area contributed by atoms with Gasteiger partial charge in [0.25, 0.3) is 5.91 Å². The topological polar surface area (TPSA) is 36.0 Å². The molecule has 0 saturated carbocycles. The third-order valence-corrected chi connectivity index (χ3v) is 7.74. The molecule has 2 aliphatic rings. The number of benzene rings is 2. The van der Waals surface area contributed by atoms with Crippen molar-refractivity contribution in [2.75, 3.05) is 40.3 Å². The van der Waals surface area contributed by atoms with Crippen molar-refractivity contribution in [3.63, 3.8) is 0 Å². The van der Waals surface area contributed by atoms with Gasteiger partial charge in [-0.2, -0.15) is 13.2 Å². The Morgan fingerprint density at radius 2 is 1.75 bits per heavy atom. The Balaban J connectivity index is 1.39. The molecule has 0 spiro atoms. The van der Waals surface area contributed by atoms with Crippen molar-refractivity contribution in [2.24, 2.45) is 0 Å². The zero-order valence-electron chi connectivity index (χ0n) is 21.7. The average molecular weight is 504 g/mol. The van der Waals surface area contributed by atoms with Crippen molar-refractivity contribution < 1.29 is 22.7 Å². The summed E-state index contributed by atoms with van der Waals surface area (Å²) in [7, 11) is 4.11. The summed E-state index contributed by atoms with van der Waals surface area (Å²) >= 11 is 0. The molecule has 3 atom stereocenters. The standard InChI is InChI=1S/C28H36F3N3O2/c1-18-19(2)26(36-14-6-13-32(4)5)12-11-25(18)20(3)33-16-24-15-23(33)17-34(24)27(35)21-7-9-22(10-8-21)28(29,30)31/h7-12,20,23-24H,6,13-17H2,1-5H3/t20?,23-,24-/m0/s1. The summed E-state index contributed by atoms with van der Waals surface area (Å²) in [4.78, 5) is 19.5. The van der Waals surface area contributed by atoms with Crippen LogP contribution in [0.2, 0.25) is 0 Å². The Kier molecular flexibility index (Phi) is 7.67. The highest BCUT2D eigenvalue weighted by Gasteiger charge is 2.47. The van der Waals surface area contributed by atoms with Crippen LogP contribution in [-0.4, -0.2) is 73.0 Å². The quantitative estimate of drug-likeness (QED) is 0.458. The van der Waals surface area contributed by atoms with Crippen molar-refractivity contribution in [1.82, 2.24) is 14.7 Å². The summed E-state index contributed by atoms with van der Waals surface area (Å²) in [5, 5.41) is 0. The Morgan fingerprint density at radius 3 is 2.33 bits per heavy atom. The number of carbonyl (C=O) groups is 1. The van der Waals surface area contributed by atoms with Gasteiger partial charge in [0.2, 0.25) is 0 Å². The Bertz CT molecular complexity index is 1080. The van der Waals surface area contributed by atoms with Crippen LogP contribution in [-0.2, 0) is 6.18 Å². The van der Waals surface area contributed by atoms with E-state index in [0.29, 0.717) is 18.7 Å². The summed E-state index contributed by atoms with van der Waals surface area (Å²) in [5.41, 5.74) is 3.22. The lowest BCUT2D eigenvalue weighted by Crippen LogP contribution is -2.49. The molecule has 0 aliphatic carbocycles. The maximum Gasteiger partial charge on any atom is 0.416 e. The molecule has 2 aromatic rings. The molecule has 4 rings (SSSR count). The molecule has 2 saturated heterocycles. The van der Waals surface area contributed by atoms with Gasteiger partial charge in [0.05, 0.1) is 12.2 Å². The first-order valence-electron chi connectivity index (χ1n) is 12.6. The van der Waals surface area contributed by atoms with Gasteiger partial charge in [-0.25, -0.2) is 0 Å². The zero-order chi connectivity index (χ0) is 26.2. The number of ether oxygens (including phenoxy) is 1. The largest absolute Gasteiger partial charge is 0.493 e. The van der Waals surface area contributed by atoms with Crippen molar-refractivity contribution in [3.05, 3.63) is 64.2 Å². The molecular formula is C28H36F3N3O2. The number of halogens is 3. The number of nitrogens with zero attached hydrogens (tertiary/aromatic N) is 3. The van der Waals surface area contributed by atoms with E-state index in [-0.39, 0.29) is 24.0 Å². The number of amides is 1. The predicted octanol–water partition coefficient (Wildman–Crippen LogP) is 5.31. The highest BCUT2D eigenvalue weighted by Crippen LogP contribution is 2.39. The molecule has 2 aliphatic heterocycles. The van der Waals surface area contributed by atoms with Gasteiger partial charge >= 0.3 is 6.18 Å². The van der Waals surface area contributed by atoms with Crippen LogP contribution in [0.3, 0.4) is 0 Å². The van der Waals surface area contributed by atoms with Gasteiger partial charge in [0, 0.05) is 43.3 Å². The molecule has 0 radical (unpaired) electrons. The molecule has 0 aromatic heterocycles. The normalized spacial score (nSPS) is 20.9. The minimum atomic E-state index is -4.40. The number of hydrogen-bond acceptors (Lipinski definition) is 4. The van der Waals surface area contributed by atoms with Gasteiger partial charge in [-0.1, -0.05) is 6.07 Å². The molecule has 2 aromatic carbocycles. The SMILES string of the molecule is Cc1c(OCCCN(C)C)ccc(C(C)N2C[C@@H]3C[C@H]2CN3C(=O)c2ccc(C(F)(F)F)cc2)c1C. The van der Waals surface area contributed by atoms with E-state index in [1.54, 1.807) is 0 Å². The van der Waals surface area contributed by atoms with E-state index in [9.17, 15) is 18.0 Å². The van der Waals surface area contributed by atoms with Crippen LogP contribution in [0.5, 0.6) is 5.75 Å². The second kappa shape index (κ2) is 10.4. The first-order valence-corrected chi connectivity index (χ1v) is 12.6. The molecule has 36 heavy (non-hydrogen) atoms. The number of fused-ring (bicyclic) bond motifs is 2. The summed E-state index contributed by atoms with van der Waals surface area (Å²) in [6, 6.07) is 9.28. The van der Waals surface area contributed by atoms with Gasteiger partial charge in [0.1, 0.15) is 5.75 Å². The fourth-order valence-electron chi connectivity index (χ4n) is 5.56. The van der Waals surface area contributed by atoms with Gasteiger partial charge < -0.3 is 14.5 Å². The second-order valence-corrected chi connectivity index (χ2v) is 10.4. The van der Waals surface area contributed by atoms with Gasteiger partial charge in [0.15, 0.2) is 0 Å². The lowest BCUT2D eigenvalue weighted by Gasteiger charge is -2.38. The van der Waals surface area contributed by atoms with Crippen LogP contribution in [0.1, 0.15) is 58.4 Å². The maximum absolute atomic E-state index is 13.0. The van der Waals surface area contributed by atoms with Crippen LogP contribution >= 0.6 is 0 Å². The fraction of sp³-hybridized carbons (Fsp3) is 0.536. The number of likely N-dealkylation sites (tertiary alicyclic amines) is 2. The number of rotatable bonds is 8. The van der Waals surface area contributed by atoms with Gasteiger partial charge in [-0.05, 0) is 94.7 Å². The highest BCUT2D eigenvalue weighted by molar-refractivity contribution is 5.94. The van der Waals surface area contributed by atoms with Crippen LogP contribution < -0.4 is 4.74 Å². The molecule has 5 nitrogen and oxygen atoms in total. The number of alkyl halides is 3. The zero-order valence-corrected chi connectivity index (χ0v) is 21.7. The molecule has 8 heteroatoms. The number of hydrogen-bond donors (Lipinski definition) is 0. The lowest BCUT2D eigenvalue weighted by atomic mass is 9.96. The molecular weight excluding hydrogens is 467 g/mol. The molecule has 1 amide bonds. The van der Waals surface area contributed by atoms with E-state index in [2.05, 4.69) is 56.8 Å². The Labute approximate surface area is 211 Å². The van der Waals surface area contributed by atoms with E-state index in [0.717, 1.165) is 49.4 Å². The van der Waals surface area contributed by atoms with Crippen molar-refractivity contribution in [1.29, 1.82) is 0 Å². The fourth-order valence-corrected chi connectivity index (χ4v) is 5.56. The van der Waals surface area contributed by atoms with E-state index in [1.165, 1.54) is 23.3 Å². The monoisotopic (exact) mass is 503 g/mol. The highest BCUT2D eigenvalue weighted by atomic mass is 19.4. The van der Waals surface area contributed by atoms with Crippen molar-refractivity contribution in [3.8, 4) is 5.75 Å². The summed E-state index contributed by atoms with van der Waals surface area (Å²) in [5.74, 6) is 0.741. The summed E-state index contributed by atoms with van der Waals surface area (Å²) < 4.78 is 44.6. The summed E-state index contributed by atoms with van der Waals surface area (Å²) in [6.07, 6.45) is -2.54. The molecule has 2 heterocycles. The smallest absolute Gasteiger partial charge is 0.416 e. The van der Waals surface area contributed by atoms with Crippen LogP contribution in [0.4, 0.5) is 13.2 Å². The third-order valence-electron chi connectivity index (χ3n) is 7.74. The molecule has 2 fully saturated rings. The minimum absolute atomic E-state index is 0.0768. The maximum atomic E-state index is 13.0. The number of piperazine rings is 1. The molecule has 1 unspecified atom stereocenters. The Morgan fingerprint density at radius 1 is 1.06 bits per heavy atom. The van der Waals surface area contributed by atoms with Crippen LogP contribution in [0.15, 0.2) is 36.4 Å². The molecule has 196 valence electrons. The third kappa shape index (κ3) is 5.39. The van der Waals surface area contributed by atoms with Gasteiger partial charge in [-0.15, -0.1) is 0 Å². The van der Waals surface area contributed by atoms with Crippen molar-refractivity contribution in [2.45, 2.75) is 57.9 Å². The van der Waals surface area contributed by atoms with E-state index in [4.69, 9.17) is 4.74 Å². The van der Waals surface area contributed by atoms with Gasteiger partial charge in [-0.3, -0.25) is 9.69 Å². The van der Waals surface area contributed by atoms with Crippen molar-refractivity contribution >= 4 is 5.91 Å². The first-order chi connectivity index (χ1) is 17.0.